The molecule has 1 fully saturated rings. The first kappa shape index (κ1) is 22.5. The number of carbonyl (C=O) groups excluding carboxylic acids is 2. The van der Waals surface area contributed by atoms with Crippen molar-refractivity contribution in [2.75, 3.05) is 5.32 Å². The van der Waals surface area contributed by atoms with Gasteiger partial charge in [0.1, 0.15) is 17.2 Å². The summed E-state index contributed by atoms with van der Waals surface area (Å²) in [7, 11) is 1.54. The standard InChI is InChI=1S/C21H21F3N6O3/c1-11-5-13(3-4-14(11)22)26-18(32)15-6-12(8-30(15)2)17(31)19(33)27-20(9-21(23,24)10-20)16-7-25-29-28-16/h3-8,17,31H,9-10H2,1-2H3,(H,26,32)(H,27,33)(H,25,28,29). The van der Waals surface area contributed by atoms with E-state index in [0.717, 1.165) is 0 Å². The predicted octanol–water partition coefficient (Wildman–Crippen LogP) is 2.32. The van der Waals surface area contributed by atoms with E-state index in [4.69, 9.17) is 0 Å². The van der Waals surface area contributed by atoms with Gasteiger partial charge in [0.2, 0.25) is 0 Å². The Bertz CT molecular complexity index is 1200. The van der Waals surface area contributed by atoms with E-state index < -0.39 is 48.0 Å². The molecule has 1 unspecified atom stereocenters. The third-order valence-corrected chi connectivity index (χ3v) is 5.63. The van der Waals surface area contributed by atoms with Crippen molar-refractivity contribution in [2.24, 2.45) is 7.05 Å². The number of nitrogens with zero attached hydrogens (tertiary/aromatic N) is 3. The maximum Gasteiger partial charge on any atom is 0.272 e. The van der Waals surface area contributed by atoms with Gasteiger partial charge in [-0.2, -0.15) is 15.4 Å². The number of nitrogens with one attached hydrogen (secondary N) is 3. The van der Waals surface area contributed by atoms with Crippen LogP contribution in [0, 0.1) is 12.7 Å². The third kappa shape index (κ3) is 4.33. The summed E-state index contributed by atoms with van der Waals surface area (Å²) < 4.78 is 42.1. The zero-order chi connectivity index (χ0) is 24.0. The molecule has 9 nitrogen and oxygen atoms in total. The molecule has 0 bridgehead atoms. The maximum absolute atomic E-state index is 13.6. The molecule has 174 valence electrons. The molecule has 0 saturated heterocycles. The van der Waals surface area contributed by atoms with E-state index in [0.29, 0.717) is 11.3 Å². The van der Waals surface area contributed by atoms with E-state index in [2.05, 4.69) is 26.0 Å². The van der Waals surface area contributed by atoms with Crippen LogP contribution in [0.25, 0.3) is 0 Å². The molecule has 1 saturated carbocycles. The summed E-state index contributed by atoms with van der Waals surface area (Å²) in [4.78, 5) is 25.3. The van der Waals surface area contributed by atoms with Crippen LogP contribution in [0.1, 0.15) is 46.3 Å². The highest BCUT2D eigenvalue weighted by Gasteiger charge is 2.60. The van der Waals surface area contributed by atoms with Crippen molar-refractivity contribution in [3.63, 3.8) is 0 Å². The number of aliphatic hydroxyl groups excluding tert-OH is 1. The second kappa shape index (κ2) is 8.03. The molecule has 4 rings (SSSR count). The molecule has 0 aliphatic heterocycles. The number of hydrogen-bond donors (Lipinski definition) is 4. The van der Waals surface area contributed by atoms with Crippen LogP contribution < -0.4 is 10.6 Å². The summed E-state index contributed by atoms with van der Waals surface area (Å²) >= 11 is 0. The SMILES string of the molecule is Cc1cc(NC(=O)c2cc(C(O)C(=O)NC3(c4cn[nH]n4)CC(F)(F)C3)cn2C)ccc1F. The van der Waals surface area contributed by atoms with Crippen LogP contribution in [0.5, 0.6) is 0 Å². The van der Waals surface area contributed by atoms with Gasteiger partial charge in [-0.05, 0) is 36.8 Å². The quantitative estimate of drug-likeness (QED) is 0.448. The van der Waals surface area contributed by atoms with Crippen molar-refractivity contribution in [2.45, 2.75) is 37.3 Å². The van der Waals surface area contributed by atoms with Crippen LogP contribution in [-0.4, -0.2) is 42.8 Å². The van der Waals surface area contributed by atoms with E-state index in [1.54, 1.807) is 14.0 Å². The number of benzene rings is 1. The number of H-pyrrole nitrogens is 1. The fourth-order valence-electron chi connectivity index (χ4n) is 3.94. The molecule has 0 radical (unpaired) electrons. The van der Waals surface area contributed by atoms with E-state index in [1.165, 1.54) is 41.2 Å². The Morgan fingerprint density at radius 3 is 2.61 bits per heavy atom. The van der Waals surface area contributed by atoms with E-state index in [-0.39, 0.29) is 17.0 Å². The topological polar surface area (TPSA) is 125 Å². The monoisotopic (exact) mass is 462 g/mol. The number of hydrogen-bond acceptors (Lipinski definition) is 5. The summed E-state index contributed by atoms with van der Waals surface area (Å²) in [6, 6.07) is 5.42. The van der Waals surface area contributed by atoms with Gasteiger partial charge in [0.15, 0.2) is 6.10 Å². The lowest BCUT2D eigenvalue weighted by Gasteiger charge is -2.46. The van der Waals surface area contributed by atoms with Gasteiger partial charge < -0.3 is 20.3 Å². The molecular formula is C21H21F3N6O3. The first-order chi connectivity index (χ1) is 15.5. The highest BCUT2D eigenvalue weighted by atomic mass is 19.3. The molecule has 12 heteroatoms. The van der Waals surface area contributed by atoms with Crippen molar-refractivity contribution in [1.82, 2.24) is 25.3 Å². The molecule has 2 amide bonds. The molecular weight excluding hydrogens is 441 g/mol. The summed E-state index contributed by atoms with van der Waals surface area (Å²) in [5.41, 5.74) is -0.367. The van der Waals surface area contributed by atoms with Crippen LogP contribution in [0.15, 0.2) is 36.7 Å². The van der Waals surface area contributed by atoms with Crippen LogP contribution in [0.4, 0.5) is 18.9 Å². The largest absolute Gasteiger partial charge is 0.378 e. The predicted molar refractivity (Wildman–Crippen MR) is 110 cm³/mol. The minimum absolute atomic E-state index is 0.0943. The van der Waals surface area contributed by atoms with Crippen molar-refractivity contribution in [3.05, 3.63) is 65.0 Å². The maximum atomic E-state index is 13.6. The fourth-order valence-corrected chi connectivity index (χ4v) is 3.94. The Balaban J connectivity index is 1.49. The number of amides is 2. The number of aromatic amines is 1. The molecule has 1 aliphatic carbocycles. The lowest BCUT2D eigenvalue weighted by atomic mass is 9.71. The van der Waals surface area contributed by atoms with Gasteiger partial charge in [-0.3, -0.25) is 9.59 Å². The minimum atomic E-state index is -2.98. The molecule has 1 atom stereocenters. The second-order valence-corrected chi connectivity index (χ2v) is 8.23. The van der Waals surface area contributed by atoms with Gasteiger partial charge in [0, 0.05) is 37.3 Å². The minimum Gasteiger partial charge on any atom is -0.378 e. The molecule has 3 aromatic rings. The number of aromatic nitrogens is 4. The van der Waals surface area contributed by atoms with Crippen LogP contribution >= 0.6 is 0 Å². The number of halogens is 3. The molecule has 0 spiro atoms. The zero-order valence-corrected chi connectivity index (χ0v) is 17.7. The van der Waals surface area contributed by atoms with Crippen LogP contribution in [-0.2, 0) is 17.4 Å². The van der Waals surface area contributed by atoms with E-state index in [9.17, 15) is 27.9 Å². The van der Waals surface area contributed by atoms with Crippen LogP contribution in [0.2, 0.25) is 0 Å². The summed E-state index contributed by atoms with van der Waals surface area (Å²) in [5.74, 6) is -4.84. The normalized spacial score (nSPS) is 17.2. The van der Waals surface area contributed by atoms with E-state index >= 15 is 0 Å². The Hall–Kier alpha value is -3.67. The van der Waals surface area contributed by atoms with Gasteiger partial charge in [0.25, 0.3) is 17.7 Å². The first-order valence-corrected chi connectivity index (χ1v) is 9.98. The van der Waals surface area contributed by atoms with Crippen LogP contribution in [0.3, 0.4) is 0 Å². The van der Waals surface area contributed by atoms with Crippen molar-refractivity contribution < 1.29 is 27.9 Å². The average Bonchev–Trinajstić information content (AvgIpc) is 3.38. The highest BCUT2D eigenvalue weighted by Crippen LogP contribution is 2.51. The molecule has 33 heavy (non-hydrogen) atoms. The van der Waals surface area contributed by atoms with Gasteiger partial charge in [-0.25, -0.2) is 13.2 Å². The number of aryl methyl sites for hydroxylation is 2. The average molecular weight is 462 g/mol. The number of aliphatic hydroxyl groups is 1. The summed E-state index contributed by atoms with van der Waals surface area (Å²) in [5, 5.41) is 25.4. The molecule has 1 aromatic carbocycles. The van der Waals surface area contributed by atoms with E-state index in [1.807, 2.05) is 0 Å². The summed E-state index contributed by atoms with van der Waals surface area (Å²) in [6.07, 6.45) is -0.449. The lowest BCUT2D eigenvalue weighted by Crippen LogP contribution is -2.60. The Kier molecular flexibility index (Phi) is 5.48. The number of anilines is 1. The lowest BCUT2D eigenvalue weighted by molar-refractivity contribution is -0.155. The molecule has 1 aliphatic rings. The van der Waals surface area contributed by atoms with Gasteiger partial charge in [0.05, 0.1) is 11.7 Å². The Morgan fingerprint density at radius 1 is 1.27 bits per heavy atom. The smallest absolute Gasteiger partial charge is 0.272 e. The second-order valence-electron chi connectivity index (χ2n) is 8.23. The van der Waals surface area contributed by atoms with Crippen molar-refractivity contribution >= 4 is 17.5 Å². The van der Waals surface area contributed by atoms with Gasteiger partial charge in [-0.15, -0.1) is 0 Å². The summed E-state index contributed by atoms with van der Waals surface area (Å²) in [6.45, 7) is 1.56. The Labute approximate surface area is 186 Å². The Morgan fingerprint density at radius 2 is 2.00 bits per heavy atom. The van der Waals surface area contributed by atoms with Crippen molar-refractivity contribution in [1.29, 1.82) is 0 Å². The first-order valence-electron chi connectivity index (χ1n) is 9.98. The zero-order valence-electron chi connectivity index (χ0n) is 17.7. The molecule has 2 heterocycles. The van der Waals surface area contributed by atoms with Crippen molar-refractivity contribution in [3.8, 4) is 0 Å². The molecule has 4 N–H and O–H groups in total. The van der Waals surface area contributed by atoms with Gasteiger partial charge >= 0.3 is 0 Å². The molecule has 2 aromatic heterocycles. The third-order valence-electron chi connectivity index (χ3n) is 5.63. The van der Waals surface area contributed by atoms with Gasteiger partial charge in [-0.1, -0.05) is 0 Å². The highest BCUT2D eigenvalue weighted by molar-refractivity contribution is 6.03. The number of carbonyl (C=O) groups is 2. The number of alkyl halides is 2. The number of rotatable bonds is 6. The fraction of sp³-hybridized carbons (Fsp3) is 0.333.